The Morgan fingerprint density at radius 2 is 1.86 bits per heavy atom. The van der Waals surface area contributed by atoms with Gasteiger partial charge in [0.15, 0.2) is 0 Å². The number of urea groups is 1. The summed E-state index contributed by atoms with van der Waals surface area (Å²) in [6.45, 7) is 12.8. The van der Waals surface area contributed by atoms with Crippen LogP contribution in [0.5, 0.6) is 17.4 Å². The van der Waals surface area contributed by atoms with Crippen molar-refractivity contribution >= 4 is 34.9 Å². The van der Waals surface area contributed by atoms with Crippen molar-refractivity contribution in [2.24, 2.45) is 5.92 Å². The van der Waals surface area contributed by atoms with Gasteiger partial charge in [-0.15, -0.1) is 6.58 Å². The van der Waals surface area contributed by atoms with E-state index in [0.29, 0.717) is 54.6 Å². The maximum absolute atomic E-state index is 14.6. The Bertz CT molecular complexity index is 1540. The zero-order valence-electron chi connectivity index (χ0n) is 28.9. The van der Waals surface area contributed by atoms with Crippen LogP contribution in [-0.4, -0.2) is 102 Å². The van der Waals surface area contributed by atoms with Crippen molar-refractivity contribution in [3.05, 3.63) is 43.0 Å². The minimum Gasteiger partial charge on any atom is -0.496 e. The molecule has 1 aromatic heterocycles. The first-order valence-corrected chi connectivity index (χ1v) is 17.4. The van der Waals surface area contributed by atoms with E-state index in [4.69, 9.17) is 18.9 Å². The Morgan fingerprint density at radius 3 is 2.53 bits per heavy atom. The topological polar surface area (TPSA) is 140 Å². The number of benzene rings is 1. The summed E-state index contributed by atoms with van der Waals surface area (Å²) >= 11 is 0. The van der Waals surface area contributed by atoms with Crippen LogP contribution in [0.3, 0.4) is 0 Å². The standard InChI is InChI=1S/C37H50N4O8/c1-6-17-48-26-15-12-16-40(22-26)36(45)39-33(25-13-10-9-11-14-25)34(42)41-23-27(21-37(41,4)35(43)44)49-31-20-32(47-8-3)38-29-19-30(46-5)24(7-2)18-28(29)31/h6-7,18-20,25-27,33H,1-2,8-17,21-23H2,3-5H3,(H,39,45)(H,43,44)/t26-,27+,33-,37-/m0/s1. The van der Waals surface area contributed by atoms with Crippen LogP contribution in [0.1, 0.15) is 70.8 Å². The van der Waals surface area contributed by atoms with Crippen molar-refractivity contribution in [1.82, 2.24) is 20.1 Å². The quantitative estimate of drug-likeness (QED) is 0.265. The number of ether oxygens (including phenoxy) is 4. The molecule has 0 spiro atoms. The number of nitrogens with zero attached hydrogens (tertiary/aromatic N) is 3. The number of aromatic nitrogens is 1. The predicted molar refractivity (Wildman–Crippen MR) is 186 cm³/mol. The van der Waals surface area contributed by atoms with Gasteiger partial charge in [0, 0.05) is 42.6 Å². The van der Waals surface area contributed by atoms with Crippen LogP contribution >= 0.6 is 0 Å². The van der Waals surface area contributed by atoms with Crippen molar-refractivity contribution in [3.63, 3.8) is 0 Å². The summed E-state index contributed by atoms with van der Waals surface area (Å²) < 4.78 is 23.6. The van der Waals surface area contributed by atoms with Gasteiger partial charge in [-0.1, -0.05) is 38.0 Å². The molecule has 2 N–H and O–H groups in total. The van der Waals surface area contributed by atoms with E-state index < -0.39 is 29.6 Å². The molecule has 12 heteroatoms. The Hall–Kier alpha value is -4.32. The molecule has 3 aliphatic rings. The van der Waals surface area contributed by atoms with Gasteiger partial charge in [0.05, 0.1) is 38.5 Å². The molecule has 3 fully saturated rings. The second kappa shape index (κ2) is 15.9. The summed E-state index contributed by atoms with van der Waals surface area (Å²) in [5, 5.41) is 14.3. The van der Waals surface area contributed by atoms with Gasteiger partial charge >= 0.3 is 12.0 Å². The lowest BCUT2D eigenvalue weighted by molar-refractivity contribution is -0.156. The van der Waals surface area contributed by atoms with Gasteiger partial charge in [0.2, 0.25) is 11.8 Å². The molecule has 1 saturated carbocycles. The smallest absolute Gasteiger partial charge is 0.329 e. The highest BCUT2D eigenvalue weighted by Crippen LogP contribution is 2.39. The molecule has 12 nitrogen and oxygen atoms in total. The Kier molecular flexibility index (Phi) is 11.7. The number of carbonyl (C=O) groups is 3. The van der Waals surface area contributed by atoms with E-state index in [9.17, 15) is 19.5 Å². The second-order valence-electron chi connectivity index (χ2n) is 13.3. The largest absolute Gasteiger partial charge is 0.496 e. The molecule has 3 amide bonds. The summed E-state index contributed by atoms with van der Waals surface area (Å²) in [7, 11) is 1.57. The highest BCUT2D eigenvalue weighted by Gasteiger charge is 2.53. The molecule has 266 valence electrons. The molecule has 0 radical (unpaired) electrons. The molecule has 49 heavy (non-hydrogen) atoms. The Balaban J connectivity index is 1.42. The summed E-state index contributed by atoms with van der Waals surface area (Å²) in [5.41, 5.74) is -0.247. The van der Waals surface area contributed by atoms with Crippen LogP contribution < -0.4 is 19.5 Å². The van der Waals surface area contributed by atoms with Crippen molar-refractivity contribution < 1.29 is 38.4 Å². The maximum atomic E-state index is 14.6. The number of carbonyl (C=O) groups excluding carboxylic acids is 2. The Labute approximate surface area is 288 Å². The van der Waals surface area contributed by atoms with Crippen molar-refractivity contribution in [3.8, 4) is 17.4 Å². The van der Waals surface area contributed by atoms with E-state index in [-0.39, 0.29) is 31.0 Å². The van der Waals surface area contributed by atoms with Crippen LogP contribution in [0.4, 0.5) is 4.79 Å². The summed E-state index contributed by atoms with van der Waals surface area (Å²) in [4.78, 5) is 48.9. The van der Waals surface area contributed by atoms with Gasteiger partial charge in [-0.25, -0.2) is 14.6 Å². The molecule has 4 atom stereocenters. The van der Waals surface area contributed by atoms with E-state index in [1.165, 1.54) is 4.90 Å². The van der Waals surface area contributed by atoms with Crippen LogP contribution in [0.15, 0.2) is 37.4 Å². The van der Waals surface area contributed by atoms with Crippen molar-refractivity contribution in [1.29, 1.82) is 0 Å². The molecule has 1 aliphatic carbocycles. The fourth-order valence-corrected chi connectivity index (χ4v) is 7.39. The first-order chi connectivity index (χ1) is 23.6. The first-order valence-electron chi connectivity index (χ1n) is 17.4. The first kappa shape index (κ1) is 36.0. The van der Waals surface area contributed by atoms with E-state index >= 15 is 0 Å². The van der Waals surface area contributed by atoms with Gasteiger partial charge < -0.3 is 39.2 Å². The Morgan fingerprint density at radius 1 is 1.08 bits per heavy atom. The number of methoxy groups -OCH3 is 1. The third-order valence-electron chi connectivity index (χ3n) is 10.0. The van der Waals surface area contributed by atoms with Gasteiger partial charge in [0.1, 0.15) is 29.2 Å². The average Bonchev–Trinajstić information content (AvgIpc) is 3.46. The number of nitrogens with one attached hydrogen (secondary N) is 1. The summed E-state index contributed by atoms with van der Waals surface area (Å²) in [6.07, 6.45) is 8.78. The van der Waals surface area contributed by atoms with Gasteiger partial charge in [0.25, 0.3) is 0 Å². The number of hydrogen-bond acceptors (Lipinski definition) is 8. The second-order valence-corrected chi connectivity index (χ2v) is 13.3. The molecule has 1 aromatic carbocycles. The predicted octanol–water partition coefficient (Wildman–Crippen LogP) is 5.43. The molecule has 0 unspecified atom stereocenters. The van der Waals surface area contributed by atoms with Crippen molar-refractivity contribution in [2.45, 2.75) is 89.0 Å². The number of carboxylic acids is 1. The molecular formula is C37H50N4O8. The van der Waals surface area contributed by atoms with Gasteiger partial charge in [-0.3, -0.25) is 4.79 Å². The molecular weight excluding hydrogens is 628 g/mol. The lowest BCUT2D eigenvalue weighted by Gasteiger charge is -2.39. The highest BCUT2D eigenvalue weighted by atomic mass is 16.5. The van der Waals surface area contributed by atoms with E-state index in [1.54, 1.807) is 43.2 Å². The third-order valence-corrected chi connectivity index (χ3v) is 10.0. The van der Waals surface area contributed by atoms with Crippen LogP contribution in [0.25, 0.3) is 17.0 Å². The highest BCUT2D eigenvalue weighted by molar-refractivity contribution is 5.93. The minimum absolute atomic E-state index is 0.0279. The number of piperidine rings is 1. The number of rotatable bonds is 13. The number of amides is 3. The van der Waals surface area contributed by atoms with Crippen LogP contribution in [0.2, 0.25) is 0 Å². The number of fused-ring (bicyclic) bond motifs is 1. The summed E-state index contributed by atoms with van der Waals surface area (Å²) in [6, 6.07) is 4.12. The molecule has 2 aliphatic heterocycles. The molecule has 5 rings (SSSR count). The lowest BCUT2D eigenvalue weighted by Crippen LogP contribution is -2.61. The van der Waals surface area contributed by atoms with Crippen LogP contribution in [-0.2, 0) is 14.3 Å². The van der Waals surface area contributed by atoms with Gasteiger partial charge in [-0.2, -0.15) is 0 Å². The third kappa shape index (κ3) is 7.95. The lowest BCUT2D eigenvalue weighted by atomic mass is 9.83. The SMILES string of the molecule is C=CCO[C@H]1CCCN(C(=O)N[C@H](C(=O)N2C[C@H](Oc3cc(OCC)nc4cc(OC)c(C=C)cc34)C[C@@]2(C)C(=O)O)C2CCCCC2)C1. The fraction of sp³-hybridized carbons (Fsp3) is 0.568. The zero-order chi connectivity index (χ0) is 35.1. The molecule has 2 saturated heterocycles. The molecule has 0 bridgehead atoms. The zero-order valence-corrected chi connectivity index (χ0v) is 28.9. The van der Waals surface area contributed by atoms with E-state index in [2.05, 4.69) is 23.5 Å². The van der Waals surface area contributed by atoms with Crippen LogP contribution in [0, 0.1) is 5.92 Å². The normalized spacial score (nSPS) is 23.5. The molecule has 3 heterocycles. The van der Waals surface area contributed by atoms with Crippen molar-refractivity contribution in [2.75, 3.05) is 40.0 Å². The monoisotopic (exact) mass is 678 g/mol. The van der Waals surface area contributed by atoms with E-state index in [0.717, 1.165) is 50.5 Å². The molecule has 2 aromatic rings. The average molecular weight is 679 g/mol. The van der Waals surface area contributed by atoms with Gasteiger partial charge in [-0.05, 0) is 51.5 Å². The number of carboxylic acid groups (broad SMARTS) is 1. The number of likely N-dealkylation sites (tertiary alicyclic amines) is 2. The minimum atomic E-state index is -1.56. The van der Waals surface area contributed by atoms with E-state index in [1.807, 2.05) is 13.0 Å². The number of hydrogen-bond donors (Lipinski definition) is 2. The summed E-state index contributed by atoms with van der Waals surface area (Å²) in [5.74, 6) is -0.257. The number of aliphatic carboxylic acids is 1. The number of pyridine rings is 1. The fourth-order valence-electron chi connectivity index (χ4n) is 7.39. The maximum Gasteiger partial charge on any atom is 0.329 e.